The molecule has 0 spiro atoms. The Morgan fingerprint density at radius 3 is 2.21 bits per heavy atom. The first-order chi connectivity index (χ1) is 11.3. The van der Waals surface area contributed by atoms with Crippen LogP contribution in [0.4, 0.5) is 0 Å². The maximum Gasteiger partial charge on any atom is 0.372 e. The van der Waals surface area contributed by atoms with Gasteiger partial charge in [0.05, 0.1) is 5.56 Å². The zero-order valence-electron chi connectivity index (χ0n) is 13.8. The van der Waals surface area contributed by atoms with E-state index in [2.05, 4.69) is 0 Å². The van der Waals surface area contributed by atoms with Gasteiger partial charge in [-0.25, -0.2) is 4.79 Å². The number of carbonyl (C=O) groups excluding carboxylic acids is 1. The Hall–Kier alpha value is -2.88. The molecule has 24 heavy (non-hydrogen) atoms. The van der Waals surface area contributed by atoms with Crippen LogP contribution in [0.3, 0.4) is 0 Å². The van der Waals surface area contributed by atoms with Gasteiger partial charge in [0.1, 0.15) is 5.58 Å². The van der Waals surface area contributed by atoms with Gasteiger partial charge in [0, 0.05) is 16.5 Å². The summed E-state index contributed by atoms with van der Waals surface area (Å²) >= 11 is 0. The molecule has 3 aromatic rings. The minimum atomic E-state index is -1.13. The quantitative estimate of drug-likeness (QED) is 0.712. The highest BCUT2D eigenvalue weighted by Gasteiger charge is 2.30. The Bertz CT molecular complexity index is 927. The molecule has 0 amide bonds. The molecule has 0 aliphatic carbocycles. The smallest absolute Gasteiger partial charge is 0.372 e. The number of rotatable bonds is 3. The number of para-hydroxylation sites is 1. The molecule has 0 radical (unpaired) electrons. The van der Waals surface area contributed by atoms with Gasteiger partial charge in [-0.15, -0.1) is 0 Å². The van der Waals surface area contributed by atoms with Crippen LogP contribution in [0.15, 0.2) is 52.9 Å². The molecule has 0 saturated heterocycles. The molecule has 3 rings (SSSR count). The van der Waals surface area contributed by atoms with E-state index in [1.54, 1.807) is 42.5 Å². The van der Waals surface area contributed by atoms with E-state index in [1.807, 2.05) is 26.8 Å². The van der Waals surface area contributed by atoms with Crippen LogP contribution >= 0.6 is 0 Å². The first-order valence-corrected chi connectivity index (χ1v) is 7.69. The summed E-state index contributed by atoms with van der Waals surface area (Å²) < 4.78 is 5.64. The van der Waals surface area contributed by atoms with Crippen LogP contribution in [0.2, 0.25) is 0 Å². The third-order valence-corrected chi connectivity index (χ3v) is 3.94. The number of hydrogen-bond acceptors (Lipinski definition) is 3. The molecule has 1 aromatic heterocycles. The normalized spacial score (nSPS) is 11.6. The van der Waals surface area contributed by atoms with E-state index in [0.29, 0.717) is 27.7 Å². The van der Waals surface area contributed by atoms with Gasteiger partial charge in [-0.2, -0.15) is 0 Å². The minimum Gasteiger partial charge on any atom is -0.475 e. The third kappa shape index (κ3) is 2.60. The van der Waals surface area contributed by atoms with Crippen molar-refractivity contribution in [3.8, 4) is 0 Å². The van der Waals surface area contributed by atoms with Crippen LogP contribution in [-0.2, 0) is 5.41 Å². The van der Waals surface area contributed by atoms with Crippen LogP contribution in [0.5, 0.6) is 0 Å². The number of carbonyl (C=O) groups is 2. The molecule has 0 fully saturated rings. The zero-order chi connectivity index (χ0) is 17.5. The number of benzene rings is 2. The number of hydrogen-bond donors (Lipinski definition) is 1. The summed E-state index contributed by atoms with van der Waals surface area (Å²) in [6.45, 7) is 5.78. The largest absolute Gasteiger partial charge is 0.475 e. The lowest BCUT2D eigenvalue weighted by molar-refractivity contribution is 0.0660. The summed E-state index contributed by atoms with van der Waals surface area (Å²) in [4.78, 5) is 24.4. The number of carboxylic acid groups (broad SMARTS) is 1. The van der Waals surface area contributed by atoms with Gasteiger partial charge < -0.3 is 9.52 Å². The van der Waals surface area contributed by atoms with Crippen LogP contribution < -0.4 is 0 Å². The van der Waals surface area contributed by atoms with Crippen molar-refractivity contribution in [2.24, 2.45) is 0 Å². The van der Waals surface area contributed by atoms with E-state index >= 15 is 0 Å². The number of fused-ring (bicyclic) bond motifs is 1. The van der Waals surface area contributed by atoms with Gasteiger partial charge in [-0.3, -0.25) is 4.79 Å². The molecule has 122 valence electrons. The summed E-state index contributed by atoms with van der Waals surface area (Å²) in [5.41, 5.74) is 1.42. The highest BCUT2D eigenvalue weighted by Crippen LogP contribution is 2.37. The third-order valence-electron chi connectivity index (χ3n) is 3.94. The lowest BCUT2D eigenvalue weighted by Gasteiger charge is -2.18. The lowest BCUT2D eigenvalue weighted by atomic mass is 9.84. The summed E-state index contributed by atoms with van der Waals surface area (Å²) in [5.74, 6) is -1.42. The molecular weight excluding hydrogens is 304 g/mol. The lowest BCUT2D eigenvalue weighted by Crippen LogP contribution is -2.15. The Morgan fingerprint density at radius 2 is 1.62 bits per heavy atom. The maximum absolute atomic E-state index is 12.8. The SMILES string of the molecule is CC(C)(C)c1c(C(=O)O)oc2c(C(=O)c3ccccc3)cccc12. The van der Waals surface area contributed by atoms with Crippen molar-refractivity contribution in [2.75, 3.05) is 0 Å². The second kappa shape index (κ2) is 5.64. The fourth-order valence-electron chi connectivity index (χ4n) is 2.94. The molecule has 0 bridgehead atoms. The van der Waals surface area contributed by atoms with Crippen molar-refractivity contribution >= 4 is 22.7 Å². The second-order valence-corrected chi connectivity index (χ2v) is 6.74. The van der Waals surface area contributed by atoms with Gasteiger partial charge in [0.25, 0.3) is 0 Å². The molecule has 0 saturated carbocycles. The summed E-state index contributed by atoms with van der Waals surface area (Å²) in [6.07, 6.45) is 0. The van der Waals surface area contributed by atoms with Gasteiger partial charge in [0.15, 0.2) is 5.78 Å². The van der Waals surface area contributed by atoms with Crippen molar-refractivity contribution in [2.45, 2.75) is 26.2 Å². The van der Waals surface area contributed by atoms with E-state index in [4.69, 9.17) is 4.42 Å². The van der Waals surface area contributed by atoms with Gasteiger partial charge in [-0.05, 0) is 11.5 Å². The predicted molar refractivity (Wildman–Crippen MR) is 91.7 cm³/mol. The topological polar surface area (TPSA) is 67.5 Å². The minimum absolute atomic E-state index is 0.106. The molecule has 0 unspecified atom stereocenters. The van der Waals surface area contributed by atoms with Crippen molar-refractivity contribution in [1.29, 1.82) is 0 Å². The van der Waals surface area contributed by atoms with Gasteiger partial charge in [-0.1, -0.05) is 63.2 Å². The fraction of sp³-hybridized carbons (Fsp3) is 0.200. The molecule has 0 atom stereocenters. The zero-order valence-corrected chi connectivity index (χ0v) is 13.8. The maximum atomic E-state index is 12.8. The molecule has 4 nitrogen and oxygen atoms in total. The van der Waals surface area contributed by atoms with Crippen molar-refractivity contribution in [3.63, 3.8) is 0 Å². The first-order valence-electron chi connectivity index (χ1n) is 7.69. The van der Waals surface area contributed by atoms with Gasteiger partial charge in [0.2, 0.25) is 5.76 Å². The Morgan fingerprint density at radius 1 is 0.958 bits per heavy atom. The molecule has 2 aromatic carbocycles. The Kier molecular flexibility index (Phi) is 3.76. The summed E-state index contributed by atoms with van der Waals surface area (Å²) in [6, 6.07) is 14.1. The Labute approximate surface area is 139 Å². The van der Waals surface area contributed by atoms with E-state index < -0.39 is 11.4 Å². The standard InChI is InChI=1S/C20H18O4/c1-20(2,3)15-13-10-7-11-14(17(13)24-18(15)19(22)23)16(21)12-8-5-4-6-9-12/h4-11H,1-3H3,(H,22,23). The van der Waals surface area contributed by atoms with Crippen LogP contribution in [0.25, 0.3) is 11.0 Å². The van der Waals surface area contributed by atoms with E-state index in [0.717, 1.165) is 0 Å². The van der Waals surface area contributed by atoms with Crippen molar-refractivity contribution < 1.29 is 19.1 Å². The molecular formula is C20H18O4. The molecule has 0 aliphatic heterocycles. The number of carboxylic acids is 1. The van der Waals surface area contributed by atoms with Crippen LogP contribution in [-0.4, -0.2) is 16.9 Å². The summed E-state index contributed by atoms with van der Waals surface area (Å²) in [7, 11) is 0. The second-order valence-electron chi connectivity index (χ2n) is 6.74. The summed E-state index contributed by atoms with van der Waals surface area (Å²) in [5, 5.41) is 10.2. The van der Waals surface area contributed by atoms with Crippen LogP contribution in [0.1, 0.15) is 52.8 Å². The Balaban J connectivity index is 2.29. The highest BCUT2D eigenvalue weighted by atomic mass is 16.4. The average molecular weight is 322 g/mol. The predicted octanol–water partition coefficient (Wildman–Crippen LogP) is 4.66. The fourth-order valence-corrected chi connectivity index (χ4v) is 2.94. The molecule has 0 aliphatic rings. The van der Waals surface area contributed by atoms with Crippen LogP contribution in [0, 0.1) is 0 Å². The van der Waals surface area contributed by atoms with Crippen molar-refractivity contribution in [1.82, 2.24) is 0 Å². The molecule has 1 N–H and O–H groups in total. The average Bonchev–Trinajstić information content (AvgIpc) is 2.95. The molecule has 4 heteroatoms. The van der Waals surface area contributed by atoms with Gasteiger partial charge >= 0.3 is 5.97 Å². The number of ketones is 1. The highest BCUT2D eigenvalue weighted by molar-refractivity contribution is 6.16. The van der Waals surface area contributed by atoms with E-state index in [-0.39, 0.29) is 11.5 Å². The number of aromatic carboxylic acids is 1. The monoisotopic (exact) mass is 322 g/mol. The molecule has 1 heterocycles. The first kappa shape index (κ1) is 16.0. The van der Waals surface area contributed by atoms with E-state index in [1.165, 1.54) is 0 Å². The number of furan rings is 1. The van der Waals surface area contributed by atoms with Crippen molar-refractivity contribution in [3.05, 3.63) is 71.0 Å². The van der Waals surface area contributed by atoms with E-state index in [9.17, 15) is 14.7 Å².